The molecule has 1 aromatic heterocycles. The number of unbranched alkanes of at least 4 members (excludes halogenated alkanes) is 2. The minimum Gasteiger partial charge on any atom is -0.489 e. The summed E-state index contributed by atoms with van der Waals surface area (Å²) in [5, 5.41) is 13.7. The zero-order chi connectivity index (χ0) is 28.6. The molecule has 0 bridgehead atoms. The minimum atomic E-state index is -0.807. The Balaban J connectivity index is 1.40. The van der Waals surface area contributed by atoms with Gasteiger partial charge < -0.3 is 9.84 Å². The number of carbonyl (C=O) groups is 2. The normalized spacial score (nSPS) is 14.1. The fraction of sp³-hybridized carbons (Fsp3) is 0.188. The van der Waals surface area contributed by atoms with Crippen LogP contribution in [0.25, 0.3) is 23.0 Å². The summed E-state index contributed by atoms with van der Waals surface area (Å²) in [6.45, 7) is 0.924. The van der Waals surface area contributed by atoms with E-state index >= 15 is 0 Å². The Morgan fingerprint density at radius 2 is 1.73 bits per heavy atom. The van der Waals surface area contributed by atoms with Crippen LogP contribution in [0.3, 0.4) is 0 Å². The Bertz CT molecular complexity index is 1570. The van der Waals surface area contributed by atoms with Crippen molar-refractivity contribution in [2.24, 2.45) is 0 Å². The summed E-state index contributed by atoms with van der Waals surface area (Å²) in [6, 6.07) is 27.6. The van der Waals surface area contributed by atoms with Gasteiger partial charge in [0.05, 0.1) is 10.6 Å². The van der Waals surface area contributed by atoms with Crippen LogP contribution in [0.2, 0.25) is 0 Å². The van der Waals surface area contributed by atoms with Gasteiger partial charge in [0.1, 0.15) is 22.4 Å². The van der Waals surface area contributed by atoms with Gasteiger partial charge in [-0.3, -0.25) is 14.5 Å². The molecule has 1 saturated heterocycles. The van der Waals surface area contributed by atoms with Gasteiger partial charge in [-0.2, -0.15) is 5.10 Å². The van der Waals surface area contributed by atoms with Crippen molar-refractivity contribution >= 4 is 46.3 Å². The number of nitrogens with zero attached hydrogens (tertiary/aromatic N) is 3. The molecule has 2 heterocycles. The molecule has 9 heteroatoms. The number of thiocarbonyl (C=S) groups is 1. The Hall–Kier alpha value is -4.21. The van der Waals surface area contributed by atoms with Crippen LogP contribution in [-0.2, 0) is 16.2 Å². The molecule has 1 aliphatic heterocycles. The number of hydrogen-bond donors (Lipinski definition) is 1. The SMILES string of the molecule is O=C(O)CCCCCN1C(=O)C(=Cc2cn(-c3ccccc3)nc2-c2cccc(OCc3ccccc3)c2)SC1=S. The maximum atomic E-state index is 13.3. The molecule has 4 aromatic rings. The topological polar surface area (TPSA) is 84.7 Å². The summed E-state index contributed by atoms with van der Waals surface area (Å²) in [4.78, 5) is 26.2. The summed E-state index contributed by atoms with van der Waals surface area (Å²) in [5.41, 5.74) is 4.36. The summed E-state index contributed by atoms with van der Waals surface area (Å²) in [7, 11) is 0. The van der Waals surface area contributed by atoms with E-state index in [0.29, 0.717) is 35.2 Å². The quantitative estimate of drug-likeness (QED) is 0.110. The van der Waals surface area contributed by atoms with Gasteiger partial charge in [0.25, 0.3) is 5.91 Å². The minimum absolute atomic E-state index is 0.130. The van der Waals surface area contributed by atoms with Crippen molar-refractivity contribution < 1.29 is 19.4 Å². The van der Waals surface area contributed by atoms with E-state index in [9.17, 15) is 9.59 Å². The van der Waals surface area contributed by atoms with E-state index in [1.807, 2.05) is 102 Å². The molecule has 5 rings (SSSR count). The zero-order valence-electron chi connectivity index (χ0n) is 22.3. The summed E-state index contributed by atoms with van der Waals surface area (Å²) < 4.78 is 8.38. The predicted octanol–water partition coefficient (Wildman–Crippen LogP) is 6.96. The number of para-hydroxylation sites is 1. The highest BCUT2D eigenvalue weighted by atomic mass is 32.2. The molecule has 3 aromatic carbocycles. The van der Waals surface area contributed by atoms with Crippen LogP contribution in [-0.4, -0.2) is 42.5 Å². The van der Waals surface area contributed by atoms with Crippen LogP contribution in [0, 0.1) is 0 Å². The van der Waals surface area contributed by atoms with Gasteiger partial charge in [0.2, 0.25) is 0 Å². The second-order valence-electron chi connectivity index (χ2n) is 9.55. The van der Waals surface area contributed by atoms with Gasteiger partial charge in [-0.15, -0.1) is 0 Å². The number of rotatable bonds is 12. The number of thioether (sulfide) groups is 1. The first kappa shape index (κ1) is 28.3. The van der Waals surface area contributed by atoms with E-state index < -0.39 is 5.97 Å². The molecule has 0 saturated carbocycles. The number of aromatic nitrogens is 2. The van der Waals surface area contributed by atoms with E-state index in [-0.39, 0.29) is 12.3 Å². The Morgan fingerprint density at radius 1 is 0.976 bits per heavy atom. The maximum absolute atomic E-state index is 13.3. The molecule has 0 spiro atoms. The molecule has 0 radical (unpaired) electrons. The van der Waals surface area contributed by atoms with Gasteiger partial charge in [0.15, 0.2) is 0 Å². The second-order valence-corrected chi connectivity index (χ2v) is 11.2. The van der Waals surface area contributed by atoms with E-state index in [2.05, 4.69) is 0 Å². The molecule has 1 fully saturated rings. The number of hydrogen-bond acceptors (Lipinski definition) is 6. The van der Waals surface area contributed by atoms with Gasteiger partial charge in [-0.25, -0.2) is 4.68 Å². The number of amides is 1. The molecule has 208 valence electrons. The van der Waals surface area contributed by atoms with Gasteiger partial charge in [-0.05, 0) is 48.7 Å². The van der Waals surface area contributed by atoms with Crippen molar-refractivity contribution in [2.45, 2.75) is 32.3 Å². The van der Waals surface area contributed by atoms with Crippen molar-refractivity contribution in [1.82, 2.24) is 14.7 Å². The molecule has 41 heavy (non-hydrogen) atoms. The van der Waals surface area contributed by atoms with Crippen LogP contribution in [0.4, 0.5) is 0 Å². The van der Waals surface area contributed by atoms with E-state index in [4.69, 9.17) is 27.2 Å². The van der Waals surface area contributed by atoms with E-state index in [1.54, 1.807) is 4.90 Å². The molecule has 0 atom stereocenters. The molecular formula is C32H29N3O4S2. The number of aliphatic carboxylic acids is 1. The lowest BCUT2D eigenvalue weighted by atomic mass is 10.1. The first-order valence-corrected chi connectivity index (χ1v) is 14.6. The highest BCUT2D eigenvalue weighted by Crippen LogP contribution is 2.35. The summed E-state index contributed by atoms with van der Waals surface area (Å²) >= 11 is 6.80. The first-order valence-electron chi connectivity index (χ1n) is 13.4. The standard InChI is InChI=1S/C32H29N3O4S2/c36-29(37)17-8-3-9-18-34-31(38)28(41-32(34)40)20-25-21-35(26-14-6-2-7-15-26)33-30(25)24-13-10-16-27(19-24)39-22-23-11-4-1-5-12-23/h1-2,4-7,10-16,19-21H,3,8-9,17-18,22H2,(H,36,37). The molecule has 1 aliphatic rings. The number of carboxylic acids is 1. The van der Waals surface area contributed by atoms with Crippen LogP contribution < -0.4 is 4.74 Å². The largest absolute Gasteiger partial charge is 0.489 e. The molecule has 7 nitrogen and oxygen atoms in total. The van der Waals surface area contributed by atoms with Crippen molar-refractivity contribution in [3.8, 4) is 22.7 Å². The lowest BCUT2D eigenvalue weighted by Crippen LogP contribution is -2.29. The first-order chi connectivity index (χ1) is 20.0. The third-order valence-corrected chi connectivity index (χ3v) is 7.93. The third-order valence-electron chi connectivity index (χ3n) is 6.55. The molecule has 0 unspecified atom stereocenters. The monoisotopic (exact) mass is 583 g/mol. The lowest BCUT2D eigenvalue weighted by Gasteiger charge is -2.13. The number of ether oxygens (including phenoxy) is 1. The van der Waals surface area contributed by atoms with Crippen molar-refractivity contribution in [1.29, 1.82) is 0 Å². The average molecular weight is 584 g/mol. The van der Waals surface area contributed by atoms with Crippen LogP contribution in [0.15, 0.2) is 96.0 Å². The Morgan fingerprint density at radius 3 is 2.49 bits per heavy atom. The lowest BCUT2D eigenvalue weighted by molar-refractivity contribution is -0.137. The van der Waals surface area contributed by atoms with E-state index in [0.717, 1.165) is 40.2 Å². The molecular weight excluding hydrogens is 555 g/mol. The van der Waals surface area contributed by atoms with Crippen molar-refractivity contribution in [2.75, 3.05) is 6.54 Å². The van der Waals surface area contributed by atoms with E-state index in [1.165, 1.54) is 11.8 Å². The smallest absolute Gasteiger partial charge is 0.303 e. The Kier molecular flexibility index (Phi) is 9.28. The van der Waals surface area contributed by atoms with Gasteiger partial charge in [0, 0.05) is 30.3 Å². The predicted molar refractivity (Wildman–Crippen MR) is 166 cm³/mol. The molecule has 1 N–H and O–H groups in total. The van der Waals surface area contributed by atoms with Crippen LogP contribution in [0.1, 0.15) is 36.8 Å². The maximum Gasteiger partial charge on any atom is 0.303 e. The number of carbonyl (C=O) groups excluding carboxylic acids is 1. The van der Waals surface area contributed by atoms with Gasteiger partial charge in [-0.1, -0.05) is 91.1 Å². The highest BCUT2D eigenvalue weighted by molar-refractivity contribution is 8.26. The second kappa shape index (κ2) is 13.4. The van der Waals surface area contributed by atoms with Crippen molar-refractivity contribution in [3.63, 3.8) is 0 Å². The summed E-state index contributed by atoms with van der Waals surface area (Å²) in [5.74, 6) is -0.226. The van der Waals surface area contributed by atoms with Crippen LogP contribution in [0.5, 0.6) is 5.75 Å². The highest BCUT2D eigenvalue weighted by Gasteiger charge is 2.32. The molecule has 1 amide bonds. The third kappa shape index (κ3) is 7.31. The molecule has 0 aliphatic carbocycles. The van der Waals surface area contributed by atoms with Crippen molar-refractivity contribution in [3.05, 3.63) is 107 Å². The average Bonchev–Trinajstić information content (AvgIpc) is 3.53. The fourth-order valence-electron chi connectivity index (χ4n) is 4.46. The number of benzene rings is 3. The Labute approximate surface area is 248 Å². The van der Waals surface area contributed by atoms with Gasteiger partial charge >= 0.3 is 5.97 Å². The van der Waals surface area contributed by atoms with Crippen LogP contribution >= 0.6 is 24.0 Å². The number of carboxylic acid groups (broad SMARTS) is 1. The zero-order valence-corrected chi connectivity index (χ0v) is 23.9. The summed E-state index contributed by atoms with van der Waals surface area (Å²) in [6.07, 6.45) is 5.89. The fourth-order valence-corrected chi connectivity index (χ4v) is 5.76.